The molecule has 1 aliphatic rings. The van der Waals surface area contributed by atoms with Crippen molar-refractivity contribution in [2.75, 3.05) is 27.9 Å². The van der Waals surface area contributed by atoms with Gasteiger partial charge in [0.2, 0.25) is 5.75 Å². The van der Waals surface area contributed by atoms with Crippen molar-refractivity contribution in [1.82, 2.24) is 8.75 Å². The maximum atomic E-state index is 14.6. The Balaban J connectivity index is 1.65. The van der Waals surface area contributed by atoms with E-state index in [9.17, 15) is 19.1 Å². The first-order chi connectivity index (χ1) is 19.8. The molecule has 1 aliphatic carbocycles. The normalized spacial score (nSPS) is 13.5. The molecule has 0 radical (unpaired) electrons. The van der Waals surface area contributed by atoms with Crippen molar-refractivity contribution in [1.29, 1.82) is 0 Å². The Hall–Kier alpha value is -4.51. The van der Waals surface area contributed by atoms with Gasteiger partial charge in [0.05, 0.1) is 45.2 Å². The fourth-order valence-corrected chi connectivity index (χ4v) is 5.01. The fourth-order valence-electron chi connectivity index (χ4n) is 4.50. The Morgan fingerprint density at radius 2 is 1.56 bits per heavy atom. The molecule has 212 valence electrons. The SMILES string of the molecule is COc1ccc(C(=O)/C(Cc2cc(OC)c(OCC3CC3)c(OC)c2)=C(/C(=O)O)c2ccc3nsnc3c2)cc1F. The Labute approximate surface area is 239 Å². The average Bonchev–Trinajstić information content (AvgIpc) is 3.69. The molecule has 3 aromatic carbocycles. The third-order valence-corrected chi connectivity index (χ3v) is 7.36. The number of allylic oxidation sites excluding steroid dienone is 1. The van der Waals surface area contributed by atoms with E-state index >= 15 is 0 Å². The van der Waals surface area contributed by atoms with Gasteiger partial charge in [0.25, 0.3) is 0 Å². The number of nitrogens with zero attached hydrogens (tertiary/aromatic N) is 2. The number of Topliss-reactive ketones (excluding diaryl/α,β-unsaturated/α-hetero) is 1. The molecule has 0 atom stereocenters. The lowest BCUT2D eigenvalue weighted by molar-refractivity contribution is -0.130. The van der Waals surface area contributed by atoms with Crippen LogP contribution in [0.25, 0.3) is 16.6 Å². The number of methoxy groups -OCH3 is 3. The summed E-state index contributed by atoms with van der Waals surface area (Å²) in [4.78, 5) is 26.7. The fraction of sp³-hybridized carbons (Fsp3) is 0.267. The summed E-state index contributed by atoms with van der Waals surface area (Å²) < 4.78 is 45.1. The molecule has 9 nitrogen and oxygen atoms in total. The Bertz CT molecular complexity index is 1640. The summed E-state index contributed by atoms with van der Waals surface area (Å²) in [5, 5.41) is 10.4. The van der Waals surface area contributed by atoms with Crippen LogP contribution in [0.15, 0.2) is 54.1 Å². The number of fused-ring (bicyclic) bond motifs is 1. The molecule has 1 aromatic heterocycles. The van der Waals surface area contributed by atoms with Crippen molar-refractivity contribution < 1.29 is 38.0 Å². The Morgan fingerprint density at radius 3 is 2.17 bits per heavy atom. The first-order valence-corrected chi connectivity index (χ1v) is 13.5. The summed E-state index contributed by atoms with van der Waals surface area (Å²) in [5.41, 5.74) is 1.55. The van der Waals surface area contributed by atoms with Crippen molar-refractivity contribution in [2.45, 2.75) is 19.3 Å². The topological polar surface area (TPSA) is 117 Å². The molecular formula is C30H27FN2O7S. The predicted molar refractivity (Wildman–Crippen MR) is 151 cm³/mol. The number of hydrogen-bond donors (Lipinski definition) is 1. The van der Waals surface area contributed by atoms with Gasteiger partial charge in [0.15, 0.2) is 28.8 Å². The quantitative estimate of drug-likeness (QED) is 0.169. The van der Waals surface area contributed by atoms with Gasteiger partial charge in [-0.1, -0.05) is 6.07 Å². The van der Waals surface area contributed by atoms with Crippen molar-refractivity contribution in [3.8, 4) is 23.0 Å². The lowest BCUT2D eigenvalue weighted by Crippen LogP contribution is -2.14. The third kappa shape index (κ3) is 5.99. The van der Waals surface area contributed by atoms with Crippen LogP contribution in [0.5, 0.6) is 23.0 Å². The van der Waals surface area contributed by atoms with Crippen molar-refractivity contribution in [2.24, 2.45) is 5.92 Å². The summed E-state index contributed by atoms with van der Waals surface area (Å²) in [7, 11) is 4.30. The number of carbonyl (C=O) groups excluding carboxylic acids is 1. The van der Waals surface area contributed by atoms with E-state index in [1.165, 1.54) is 33.5 Å². The summed E-state index contributed by atoms with van der Waals surface area (Å²) in [6.45, 7) is 0.524. The van der Waals surface area contributed by atoms with E-state index in [-0.39, 0.29) is 34.4 Å². The second kappa shape index (κ2) is 11.9. The van der Waals surface area contributed by atoms with Gasteiger partial charge in [0.1, 0.15) is 11.0 Å². The van der Waals surface area contributed by atoms with E-state index < -0.39 is 17.6 Å². The minimum absolute atomic E-state index is 0.0308. The second-order valence-corrected chi connectivity index (χ2v) is 10.1. The second-order valence-electron chi connectivity index (χ2n) is 9.57. The summed E-state index contributed by atoms with van der Waals surface area (Å²) in [6.07, 6.45) is 2.08. The van der Waals surface area contributed by atoms with Crippen LogP contribution < -0.4 is 18.9 Å². The van der Waals surface area contributed by atoms with E-state index in [0.29, 0.717) is 46.4 Å². The lowest BCUT2D eigenvalue weighted by atomic mass is 9.89. The van der Waals surface area contributed by atoms with Crippen LogP contribution in [0.2, 0.25) is 0 Å². The molecule has 1 fully saturated rings. The molecule has 5 rings (SSSR count). The van der Waals surface area contributed by atoms with Crippen molar-refractivity contribution in [3.05, 3.63) is 76.6 Å². The number of ketones is 1. The number of ether oxygens (including phenoxy) is 4. The van der Waals surface area contributed by atoms with E-state index in [4.69, 9.17) is 18.9 Å². The highest BCUT2D eigenvalue weighted by molar-refractivity contribution is 7.00. The molecule has 0 aliphatic heterocycles. The number of benzene rings is 3. The molecule has 0 saturated heterocycles. The van der Waals surface area contributed by atoms with Crippen LogP contribution in [0.1, 0.15) is 34.3 Å². The van der Waals surface area contributed by atoms with Gasteiger partial charge in [-0.25, -0.2) is 9.18 Å². The number of aromatic nitrogens is 2. The van der Waals surface area contributed by atoms with E-state index in [2.05, 4.69) is 8.75 Å². The molecule has 11 heteroatoms. The molecule has 1 heterocycles. The van der Waals surface area contributed by atoms with E-state index in [1.807, 2.05) is 0 Å². The molecule has 0 bridgehead atoms. The molecule has 0 unspecified atom stereocenters. The van der Waals surface area contributed by atoms with E-state index in [1.54, 1.807) is 30.3 Å². The van der Waals surface area contributed by atoms with E-state index in [0.717, 1.165) is 30.6 Å². The van der Waals surface area contributed by atoms with Crippen LogP contribution in [-0.2, 0) is 11.2 Å². The largest absolute Gasteiger partial charge is 0.494 e. The molecule has 0 amide bonds. The van der Waals surface area contributed by atoms with Gasteiger partial charge >= 0.3 is 5.97 Å². The Kier molecular flexibility index (Phi) is 8.16. The smallest absolute Gasteiger partial charge is 0.336 e. The number of carbonyl (C=O) groups is 2. The van der Waals surface area contributed by atoms with Crippen LogP contribution in [-0.4, -0.2) is 53.5 Å². The first kappa shape index (κ1) is 28.0. The highest BCUT2D eigenvalue weighted by Crippen LogP contribution is 2.41. The molecule has 1 saturated carbocycles. The number of halogens is 1. The number of aliphatic carboxylic acids is 1. The molecule has 41 heavy (non-hydrogen) atoms. The standard InChI is InChI=1S/C30H27FN2O7S/c1-37-24-9-7-19(13-21(24)31)28(34)20(27(30(35)36)18-6-8-22-23(14-18)33-41-32-22)10-17-11-25(38-2)29(26(12-17)39-3)40-15-16-4-5-16/h6-9,11-14,16H,4-5,10,15H2,1-3H3,(H,35,36)/b27-20+. The first-order valence-electron chi connectivity index (χ1n) is 12.8. The minimum Gasteiger partial charge on any atom is -0.494 e. The number of carboxylic acid groups (broad SMARTS) is 1. The number of hydrogen-bond acceptors (Lipinski definition) is 9. The summed E-state index contributed by atoms with van der Waals surface area (Å²) in [6, 6.07) is 11.9. The minimum atomic E-state index is -1.33. The third-order valence-electron chi connectivity index (χ3n) is 6.81. The maximum Gasteiger partial charge on any atom is 0.336 e. The zero-order valence-electron chi connectivity index (χ0n) is 22.6. The van der Waals surface area contributed by atoms with Crippen molar-refractivity contribution >= 4 is 40.1 Å². The average molecular weight is 579 g/mol. The predicted octanol–water partition coefficient (Wildman–Crippen LogP) is 5.61. The van der Waals surface area contributed by atoms with Gasteiger partial charge in [0, 0.05) is 17.6 Å². The molecular weight excluding hydrogens is 551 g/mol. The zero-order chi connectivity index (χ0) is 29.1. The number of carboxylic acids is 1. The number of rotatable bonds is 12. The van der Waals surface area contributed by atoms with Gasteiger partial charge in [-0.05, 0) is 72.4 Å². The molecule has 0 spiro atoms. The van der Waals surface area contributed by atoms with Gasteiger partial charge in [-0.2, -0.15) is 8.75 Å². The van der Waals surface area contributed by atoms with Crippen molar-refractivity contribution in [3.63, 3.8) is 0 Å². The summed E-state index contributed by atoms with van der Waals surface area (Å²) >= 11 is 0.996. The summed E-state index contributed by atoms with van der Waals surface area (Å²) in [5.74, 6) is -1.08. The Morgan fingerprint density at radius 1 is 0.902 bits per heavy atom. The lowest BCUT2D eigenvalue weighted by Gasteiger charge is -2.18. The monoisotopic (exact) mass is 578 g/mol. The highest BCUT2D eigenvalue weighted by atomic mass is 32.1. The van der Waals surface area contributed by atoms with Gasteiger partial charge in [-0.3, -0.25) is 4.79 Å². The maximum absolute atomic E-state index is 14.6. The highest BCUT2D eigenvalue weighted by Gasteiger charge is 2.27. The molecule has 1 N–H and O–H groups in total. The molecule has 4 aromatic rings. The van der Waals surface area contributed by atoms with Crippen LogP contribution >= 0.6 is 11.7 Å². The van der Waals surface area contributed by atoms with Crippen LogP contribution in [0.4, 0.5) is 4.39 Å². The zero-order valence-corrected chi connectivity index (χ0v) is 23.4. The van der Waals surface area contributed by atoms with Crippen LogP contribution in [0.3, 0.4) is 0 Å². The van der Waals surface area contributed by atoms with Crippen LogP contribution in [0, 0.1) is 11.7 Å². The van der Waals surface area contributed by atoms with Gasteiger partial charge in [-0.15, -0.1) is 0 Å². The van der Waals surface area contributed by atoms with Gasteiger partial charge < -0.3 is 24.1 Å².